The lowest BCUT2D eigenvalue weighted by atomic mass is 10.0. The van der Waals surface area contributed by atoms with Gasteiger partial charge in [-0.2, -0.15) is 0 Å². The lowest BCUT2D eigenvalue weighted by Crippen LogP contribution is -2.37. The first kappa shape index (κ1) is 8.02. The summed E-state index contributed by atoms with van der Waals surface area (Å²) in [6, 6.07) is 0. The monoisotopic (exact) mass is 144 g/mol. The SMILES string of the molecule is CC1OCCCOC1(C)C. The summed E-state index contributed by atoms with van der Waals surface area (Å²) >= 11 is 0. The molecule has 0 spiro atoms. The van der Waals surface area contributed by atoms with Gasteiger partial charge in [0.1, 0.15) is 0 Å². The predicted octanol–water partition coefficient (Wildman–Crippen LogP) is 1.59. The van der Waals surface area contributed by atoms with Gasteiger partial charge in [0.05, 0.1) is 11.7 Å². The van der Waals surface area contributed by atoms with Crippen molar-refractivity contribution in [2.75, 3.05) is 13.2 Å². The maximum absolute atomic E-state index is 5.58. The third-order valence-electron chi connectivity index (χ3n) is 2.11. The van der Waals surface area contributed by atoms with Crippen molar-refractivity contribution in [2.24, 2.45) is 0 Å². The first-order valence-corrected chi connectivity index (χ1v) is 3.88. The largest absolute Gasteiger partial charge is 0.375 e. The molecule has 0 amide bonds. The molecule has 1 unspecified atom stereocenters. The fraction of sp³-hybridized carbons (Fsp3) is 1.00. The van der Waals surface area contributed by atoms with Crippen LogP contribution in [0.1, 0.15) is 27.2 Å². The molecule has 0 N–H and O–H groups in total. The van der Waals surface area contributed by atoms with Crippen LogP contribution in [0.2, 0.25) is 0 Å². The summed E-state index contributed by atoms with van der Waals surface area (Å²) in [5.74, 6) is 0. The van der Waals surface area contributed by atoms with Gasteiger partial charge < -0.3 is 9.47 Å². The standard InChI is InChI=1S/C8H16O2/c1-7-8(2,3)10-6-4-5-9-7/h7H,4-6H2,1-3H3. The van der Waals surface area contributed by atoms with E-state index in [9.17, 15) is 0 Å². The zero-order valence-corrected chi connectivity index (χ0v) is 7.02. The van der Waals surface area contributed by atoms with E-state index in [0.29, 0.717) is 0 Å². The van der Waals surface area contributed by atoms with E-state index in [4.69, 9.17) is 9.47 Å². The van der Waals surface area contributed by atoms with E-state index >= 15 is 0 Å². The smallest absolute Gasteiger partial charge is 0.0884 e. The summed E-state index contributed by atoms with van der Waals surface area (Å²) in [7, 11) is 0. The van der Waals surface area contributed by atoms with Gasteiger partial charge in [0.25, 0.3) is 0 Å². The van der Waals surface area contributed by atoms with Gasteiger partial charge in [0.2, 0.25) is 0 Å². The van der Waals surface area contributed by atoms with Crippen LogP contribution in [0.4, 0.5) is 0 Å². The van der Waals surface area contributed by atoms with Crippen molar-refractivity contribution in [3.05, 3.63) is 0 Å². The Morgan fingerprint density at radius 2 is 2.00 bits per heavy atom. The minimum absolute atomic E-state index is 0.101. The average molecular weight is 144 g/mol. The minimum atomic E-state index is -0.101. The summed E-state index contributed by atoms with van der Waals surface area (Å²) in [6.07, 6.45) is 1.24. The maximum Gasteiger partial charge on any atom is 0.0884 e. The highest BCUT2D eigenvalue weighted by atomic mass is 16.6. The Hall–Kier alpha value is -0.0800. The zero-order valence-electron chi connectivity index (χ0n) is 7.02. The highest BCUT2D eigenvalue weighted by Gasteiger charge is 2.28. The summed E-state index contributed by atoms with van der Waals surface area (Å²) in [6.45, 7) is 7.87. The molecule has 2 nitrogen and oxygen atoms in total. The Labute approximate surface area is 62.5 Å². The maximum atomic E-state index is 5.58. The third-order valence-corrected chi connectivity index (χ3v) is 2.11. The van der Waals surface area contributed by atoms with Crippen molar-refractivity contribution in [3.8, 4) is 0 Å². The second-order valence-electron chi connectivity index (χ2n) is 3.32. The molecule has 0 bridgehead atoms. The van der Waals surface area contributed by atoms with E-state index in [1.165, 1.54) is 0 Å². The minimum Gasteiger partial charge on any atom is -0.375 e. The number of rotatable bonds is 0. The number of hydrogen-bond donors (Lipinski definition) is 0. The predicted molar refractivity (Wildman–Crippen MR) is 40.1 cm³/mol. The molecule has 60 valence electrons. The normalized spacial score (nSPS) is 33.3. The van der Waals surface area contributed by atoms with Gasteiger partial charge in [-0.15, -0.1) is 0 Å². The third kappa shape index (κ3) is 1.70. The van der Waals surface area contributed by atoms with Crippen LogP contribution in [0.3, 0.4) is 0 Å². The summed E-state index contributed by atoms with van der Waals surface area (Å²) in [5, 5.41) is 0. The Kier molecular flexibility index (Phi) is 2.32. The van der Waals surface area contributed by atoms with Gasteiger partial charge in [-0.3, -0.25) is 0 Å². The molecular weight excluding hydrogens is 128 g/mol. The molecule has 1 saturated heterocycles. The highest BCUT2D eigenvalue weighted by Crippen LogP contribution is 2.20. The lowest BCUT2D eigenvalue weighted by molar-refractivity contribution is -0.0866. The van der Waals surface area contributed by atoms with Gasteiger partial charge in [0, 0.05) is 13.2 Å². The Bertz CT molecular complexity index is 110. The van der Waals surface area contributed by atoms with Crippen LogP contribution in [0.15, 0.2) is 0 Å². The van der Waals surface area contributed by atoms with E-state index in [1.54, 1.807) is 0 Å². The van der Waals surface area contributed by atoms with Crippen LogP contribution in [0.5, 0.6) is 0 Å². The summed E-state index contributed by atoms with van der Waals surface area (Å²) < 4.78 is 11.1. The molecule has 0 saturated carbocycles. The van der Waals surface area contributed by atoms with Crippen molar-refractivity contribution in [1.29, 1.82) is 0 Å². The van der Waals surface area contributed by atoms with E-state index in [-0.39, 0.29) is 11.7 Å². The molecule has 1 heterocycles. The molecule has 1 atom stereocenters. The van der Waals surface area contributed by atoms with E-state index in [1.807, 2.05) is 0 Å². The van der Waals surface area contributed by atoms with Crippen LogP contribution in [0.25, 0.3) is 0 Å². The van der Waals surface area contributed by atoms with Crippen molar-refractivity contribution in [3.63, 3.8) is 0 Å². The Morgan fingerprint density at radius 3 is 2.70 bits per heavy atom. The van der Waals surface area contributed by atoms with Crippen LogP contribution in [0, 0.1) is 0 Å². The molecule has 0 aromatic rings. The second kappa shape index (κ2) is 2.89. The molecule has 1 fully saturated rings. The molecule has 0 aromatic carbocycles. The fourth-order valence-electron chi connectivity index (χ4n) is 0.972. The molecule has 10 heavy (non-hydrogen) atoms. The second-order valence-corrected chi connectivity index (χ2v) is 3.32. The first-order chi connectivity index (χ1) is 4.63. The molecule has 1 aliphatic rings. The van der Waals surface area contributed by atoms with Crippen molar-refractivity contribution in [1.82, 2.24) is 0 Å². The van der Waals surface area contributed by atoms with Crippen LogP contribution in [-0.2, 0) is 9.47 Å². The quantitative estimate of drug-likeness (QED) is 0.514. The molecule has 1 aliphatic heterocycles. The van der Waals surface area contributed by atoms with Gasteiger partial charge in [-0.1, -0.05) is 0 Å². The van der Waals surface area contributed by atoms with Crippen molar-refractivity contribution >= 4 is 0 Å². The van der Waals surface area contributed by atoms with E-state index < -0.39 is 0 Å². The van der Waals surface area contributed by atoms with Gasteiger partial charge in [-0.25, -0.2) is 0 Å². The van der Waals surface area contributed by atoms with Crippen LogP contribution < -0.4 is 0 Å². The molecule has 1 rings (SSSR count). The topological polar surface area (TPSA) is 18.5 Å². The molecule has 2 heteroatoms. The van der Waals surface area contributed by atoms with Crippen molar-refractivity contribution < 1.29 is 9.47 Å². The van der Waals surface area contributed by atoms with Crippen molar-refractivity contribution in [2.45, 2.75) is 38.9 Å². The number of hydrogen-bond acceptors (Lipinski definition) is 2. The van der Waals surface area contributed by atoms with Gasteiger partial charge in [-0.05, 0) is 27.2 Å². The Morgan fingerprint density at radius 1 is 1.30 bits per heavy atom. The Balaban J connectivity index is 2.52. The molecule has 0 aliphatic carbocycles. The highest BCUT2D eigenvalue weighted by molar-refractivity contribution is 4.78. The first-order valence-electron chi connectivity index (χ1n) is 3.88. The van der Waals surface area contributed by atoms with Crippen LogP contribution in [-0.4, -0.2) is 24.9 Å². The lowest BCUT2D eigenvalue weighted by Gasteiger charge is -2.28. The fourth-order valence-corrected chi connectivity index (χ4v) is 0.972. The van der Waals surface area contributed by atoms with Gasteiger partial charge >= 0.3 is 0 Å². The molecule has 0 radical (unpaired) electrons. The number of ether oxygens (including phenoxy) is 2. The molecular formula is C8H16O2. The average Bonchev–Trinajstić information content (AvgIpc) is 1.96. The van der Waals surface area contributed by atoms with Gasteiger partial charge in [0.15, 0.2) is 0 Å². The van der Waals surface area contributed by atoms with E-state index in [2.05, 4.69) is 20.8 Å². The van der Waals surface area contributed by atoms with Crippen LogP contribution >= 0.6 is 0 Å². The zero-order chi connectivity index (χ0) is 7.61. The summed E-state index contributed by atoms with van der Waals surface area (Å²) in [4.78, 5) is 0. The molecule has 0 aromatic heterocycles. The van der Waals surface area contributed by atoms with E-state index in [0.717, 1.165) is 19.6 Å². The summed E-state index contributed by atoms with van der Waals surface area (Å²) in [5.41, 5.74) is -0.101.